The van der Waals surface area contributed by atoms with Crippen LogP contribution in [-0.4, -0.2) is 18.5 Å². The molecule has 0 aromatic heterocycles. The fraction of sp³-hybridized carbons (Fsp3) is 0.0968. The Bertz CT molecular complexity index is 1510. The lowest BCUT2D eigenvalue weighted by atomic mass is 10.0. The minimum atomic E-state index is -0.528. The first-order valence-corrected chi connectivity index (χ1v) is 13.5. The normalized spacial score (nSPS) is 13.8. The maximum atomic E-state index is 12.6. The van der Waals surface area contributed by atoms with Gasteiger partial charge in [-0.1, -0.05) is 66.2 Å². The monoisotopic (exact) mass is 635 g/mol. The van der Waals surface area contributed by atoms with Crippen LogP contribution in [0.1, 0.15) is 23.6 Å². The summed E-state index contributed by atoms with van der Waals surface area (Å²) in [5, 5.41) is 0.375. The largest absolute Gasteiger partial charge is 0.490 e. The van der Waals surface area contributed by atoms with Crippen LogP contribution in [0, 0.1) is 3.57 Å². The van der Waals surface area contributed by atoms with Crippen LogP contribution < -0.4 is 9.47 Å². The Balaban J connectivity index is 1.37. The fourth-order valence-electron chi connectivity index (χ4n) is 3.94. The molecule has 0 bridgehead atoms. The van der Waals surface area contributed by atoms with Crippen LogP contribution >= 0.6 is 34.2 Å². The number of hydrogen-bond acceptors (Lipinski definition) is 5. The Morgan fingerprint density at radius 3 is 2.29 bits per heavy atom. The molecule has 0 saturated heterocycles. The van der Waals surface area contributed by atoms with E-state index in [9.17, 15) is 4.79 Å². The van der Waals surface area contributed by atoms with Crippen LogP contribution in [0.4, 0.5) is 0 Å². The molecule has 5 rings (SSSR count). The van der Waals surface area contributed by atoms with Crippen molar-refractivity contribution in [1.29, 1.82) is 0 Å². The topological polar surface area (TPSA) is 57.1 Å². The van der Waals surface area contributed by atoms with E-state index in [0.717, 1.165) is 20.3 Å². The number of cyclic esters (lactones) is 1. The van der Waals surface area contributed by atoms with E-state index in [1.165, 1.54) is 0 Å². The van der Waals surface area contributed by atoms with Gasteiger partial charge >= 0.3 is 5.97 Å². The minimum absolute atomic E-state index is 0.179. The van der Waals surface area contributed by atoms with Gasteiger partial charge < -0.3 is 14.2 Å². The van der Waals surface area contributed by atoms with Crippen LogP contribution in [0.5, 0.6) is 11.5 Å². The number of nitrogens with zero attached hydrogens (tertiary/aromatic N) is 1. The first-order valence-electron chi connectivity index (χ1n) is 12.0. The van der Waals surface area contributed by atoms with Crippen molar-refractivity contribution in [3.05, 3.63) is 122 Å². The molecule has 4 aromatic carbocycles. The van der Waals surface area contributed by atoms with Crippen molar-refractivity contribution >= 4 is 52.1 Å². The van der Waals surface area contributed by atoms with Gasteiger partial charge in [-0.2, -0.15) is 0 Å². The van der Waals surface area contributed by atoms with E-state index in [4.69, 9.17) is 25.8 Å². The van der Waals surface area contributed by atoms with Crippen LogP contribution in [-0.2, 0) is 16.1 Å². The predicted molar refractivity (Wildman–Crippen MR) is 159 cm³/mol. The number of halogens is 2. The van der Waals surface area contributed by atoms with Crippen molar-refractivity contribution in [2.75, 3.05) is 6.61 Å². The second kappa shape index (κ2) is 11.8. The number of carbonyl (C=O) groups is 1. The molecule has 0 unspecified atom stereocenters. The minimum Gasteiger partial charge on any atom is -0.490 e. The standard InChI is InChI=1S/C31H23ClINO4/c1-2-36-28-18-21(16-26(32)29(28)37-19-20-8-14-25(33)15-9-20)17-27-31(35)38-30(34-27)24-12-10-23(11-13-24)22-6-4-3-5-7-22/h3-18H,2,19H2,1H3/b27-17-. The van der Waals surface area contributed by atoms with E-state index < -0.39 is 5.97 Å². The number of carbonyl (C=O) groups excluding carboxylic acids is 1. The second-order valence-electron chi connectivity index (χ2n) is 8.46. The summed E-state index contributed by atoms with van der Waals surface area (Å²) in [7, 11) is 0. The van der Waals surface area contributed by atoms with Crippen LogP contribution in [0.3, 0.4) is 0 Å². The highest BCUT2D eigenvalue weighted by Gasteiger charge is 2.24. The maximum Gasteiger partial charge on any atom is 0.363 e. The van der Waals surface area contributed by atoms with E-state index in [2.05, 4.69) is 27.6 Å². The summed E-state index contributed by atoms with van der Waals surface area (Å²) >= 11 is 8.85. The van der Waals surface area contributed by atoms with Gasteiger partial charge in [0.1, 0.15) is 6.61 Å². The van der Waals surface area contributed by atoms with E-state index in [0.29, 0.717) is 40.9 Å². The third-order valence-electron chi connectivity index (χ3n) is 5.79. The molecule has 5 nitrogen and oxygen atoms in total. The molecule has 0 aliphatic carbocycles. The molecular weight excluding hydrogens is 613 g/mol. The highest BCUT2D eigenvalue weighted by molar-refractivity contribution is 14.1. The lowest BCUT2D eigenvalue weighted by Gasteiger charge is -2.14. The number of aliphatic imine (C=N–C) groups is 1. The Hall–Kier alpha value is -3.62. The van der Waals surface area contributed by atoms with Gasteiger partial charge in [0.2, 0.25) is 5.90 Å². The average molecular weight is 636 g/mol. The predicted octanol–water partition coefficient (Wildman–Crippen LogP) is 7.93. The van der Waals surface area contributed by atoms with Crippen molar-refractivity contribution in [2.45, 2.75) is 13.5 Å². The van der Waals surface area contributed by atoms with Gasteiger partial charge in [0.15, 0.2) is 17.2 Å². The van der Waals surface area contributed by atoms with Gasteiger partial charge in [0.05, 0.1) is 11.6 Å². The molecule has 1 aliphatic heterocycles. The molecule has 0 spiro atoms. The lowest BCUT2D eigenvalue weighted by Crippen LogP contribution is -2.05. The van der Waals surface area contributed by atoms with Crippen molar-refractivity contribution in [3.8, 4) is 22.6 Å². The van der Waals surface area contributed by atoms with Gasteiger partial charge in [-0.25, -0.2) is 9.79 Å². The average Bonchev–Trinajstić information content (AvgIpc) is 3.30. The highest BCUT2D eigenvalue weighted by Crippen LogP contribution is 2.38. The molecule has 0 radical (unpaired) electrons. The highest BCUT2D eigenvalue weighted by atomic mass is 127. The smallest absolute Gasteiger partial charge is 0.363 e. The molecule has 4 aromatic rings. The maximum absolute atomic E-state index is 12.6. The number of ether oxygens (including phenoxy) is 3. The van der Waals surface area contributed by atoms with Crippen molar-refractivity contribution in [1.82, 2.24) is 0 Å². The molecule has 1 aliphatic rings. The Labute approximate surface area is 239 Å². The summed E-state index contributed by atoms with van der Waals surface area (Å²) in [5.74, 6) is 0.671. The number of esters is 1. The van der Waals surface area contributed by atoms with Crippen molar-refractivity contribution in [3.63, 3.8) is 0 Å². The third-order valence-corrected chi connectivity index (χ3v) is 6.79. The van der Waals surface area contributed by atoms with E-state index in [1.807, 2.05) is 85.8 Å². The summed E-state index contributed by atoms with van der Waals surface area (Å²) in [4.78, 5) is 17.0. The molecule has 0 amide bonds. The van der Waals surface area contributed by atoms with Gasteiger partial charge in [-0.3, -0.25) is 0 Å². The lowest BCUT2D eigenvalue weighted by molar-refractivity contribution is -0.129. The molecule has 38 heavy (non-hydrogen) atoms. The third kappa shape index (κ3) is 6.09. The molecule has 190 valence electrons. The molecule has 1 heterocycles. The van der Waals surface area contributed by atoms with Gasteiger partial charge in [0, 0.05) is 9.13 Å². The van der Waals surface area contributed by atoms with Crippen LogP contribution in [0.25, 0.3) is 17.2 Å². The van der Waals surface area contributed by atoms with Gasteiger partial charge in [0.25, 0.3) is 0 Å². The molecule has 0 N–H and O–H groups in total. The van der Waals surface area contributed by atoms with E-state index in [-0.39, 0.29) is 11.6 Å². The SMILES string of the molecule is CCOc1cc(/C=C2\N=C(c3ccc(-c4ccccc4)cc3)OC2=O)cc(Cl)c1OCc1ccc(I)cc1. The summed E-state index contributed by atoms with van der Waals surface area (Å²) in [6.45, 7) is 2.66. The first-order chi connectivity index (χ1) is 18.5. The quantitative estimate of drug-likeness (QED) is 0.112. The van der Waals surface area contributed by atoms with Crippen molar-refractivity contribution < 1.29 is 19.0 Å². The Morgan fingerprint density at radius 1 is 0.895 bits per heavy atom. The molecule has 0 saturated carbocycles. The summed E-state index contributed by atoms with van der Waals surface area (Å²) in [5.41, 5.74) is 4.74. The zero-order chi connectivity index (χ0) is 26.5. The molecule has 0 atom stereocenters. The molecular formula is C31H23ClINO4. The first kappa shape index (κ1) is 26.0. The summed E-state index contributed by atoms with van der Waals surface area (Å²) in [6.07, 6.45) is 1.63. The molecule has 7 heteroatoms. The molecule has 0 fully saturated rings. The zero-order valence-electron chi connectivity index (χ0n) is 20.5. The second-order valence-corrected chi connectivity index (χ2v) is 10.1. The van der Waals surface area contributed by atoms with E-state index >= 15 is 0 Å². The van der Waals surface area contributed by atoms with E-state index in [1.54, 1.807) is 18.2 Å². The van der Waals surface area contributed by atoms with Crippen LogP contribution in [0.2, 0.25) is 5.02 Å². The van der Waals surface area contributed by atoms with Crippen molar-refractivity contribution in [2.24, 2.45) is 4.99 Å². The number of rotatable bonds is 8. The number of benzene rings is 4. The van der Waals surface area contributed by atoms with Crippen LogP contribution in [0.15, 0.2) is 102 Å². The summed E-state index contributed by atoms with van der Waals surface area (Å²) in [6, 6.07) is 29.3. The number of hydrogen-bond donors (Lipinski definition) is 0. The van der Waals surface area contributed by atoms with Gasteiger partial charge in [-0.05, 0) is 94.2 Å². The Kier molecular flexibility index (Phi) is 8.10. The summed E-state index contributed by atoms with van der Waals surface area (Å²) < 4.78 is 18.4. The fourth-order valence-corrected chi connectivity index (χ4v) is 4.57. The van der Waals surface area contributed by atoms with Gasteiger partial charge in [-0.15, -0.1) is 0 Å². The Morgan fingerprint density at radius 2 is 1.58 bits per heavy atom. The zero-order valence-corrected chi connectivity index (χ0v) is 23.4.